The molecule has 0 unspecified atom stereocenters. The Morgan fingerprint density at radius 3 is 2.05 bits per heavy atom. The molecule has 2 aliphatic heterocycles. The molecule has 0 spiro atoms. The van der Waals surface area contributed by atoms with Crippen LogP contribution in [0.25, 0.3) is 0 Å². The Balaban J connectivity index is 1.53. The van der Waals surface area contributed by atoms with Crippen molar-refractivity contribution in [1.82, 2.24) is 20.4 Å². The van der Waals surface area contributed by atoms with E-state index in [-0.39, 0.29) is 0 Å². The molecule has 0 aromatic rings. The Morgan fingerprint density at radius 2 is 1.48 bits per heavy atom. The van der Waals surface area contributed by atoms with E-state index in [0.717, 1.165) is 58.4 Å². The molecule has 122 valence electrons. The van der Waals surface area contributed by atoms with Crippen LogP contribution >= 0.6 is 0 Å². The van der Waals surface area contributed by atoms with Crippen LogP contribution in [0.4, 0.5) is 0 Å². The summed E-state index contributed by atoms with van der Waals surface area (Å²) in [5, 5.41) is 6.80. The van der Waals surface area contributed by atoms with Crippen molar-refractivity contribution in [2.45, 2.75) is 19.3 Å². The highest BCUT2D eigenvalue weighted by atomic mass is 16.5. The normalized spacial score (nSPS) is 22.2. The third kappa shape index (κ3) is 6.63. The van der Waals surface area contributed by atoms with Crippen LogP contribution in [-0.4, -0.2) is 88.4 Å². The molecule has 0 amide bonds. The molecule has 0 aromatic heterocycles. The van der Waals surface area contributed by atoms with Crippen LogP contribution in [0.3, 0.4) is 0 Å². The third-order valence-corrected chi connectivity index (χ3v) is 4.22. The fourth-order valence-corrected chi connectivity index (χ4v) is 2.89. The predicted octanol–water partition coefficient (Wildman–Crippen LogP) is -0.0305. The van der Waals surface area contributed by atoms with E-state index in [1.165, 1.54) is 32.4 Å². The van der Waals surface area contributed by atoms with E-state index >= 15 is 0 Å². The zero-order valence-corrected chi connectivity index (χ0v) is 13.4. The topological polar surface area (TPSA) is 52.1 Å². The molecule has 2 saturated heterocycles. The Morgan fingerprint density at radius 1 is 0.905 bits per heavy atom. The Kier molecular flexibility index (Phi) is 7.85. The van der Waals surface area contributed by atoms with Gasteiger partial charge in [-0.3, -0.25) is 9.89 Å². The number of piperidine rings is 1. The van der Waals surface area contributed by atoms with Gasteiger partial charge >= 0.3 is 0 Å². The third-order valence-electron chi connectivity index (χ3n) is 4.22. The Bertz CT molecular complexity index is 272. The molecular weight excluding hydrogens is 266 g/mol. The highest BCUT2D eigenvalue weighted by Gasteiger charge is 2.11. The van der Waals surface area contributed by atoms with Gasteiger partial charge in [-0.05, 0) is 25.9 Å². The van der Waals surface area contributed by atoms with Gasteiger partial charge in [-0.15, -0.1) is 0 Å². The summed E-state index contributed by atoms with van der Waals surface area (Å²) in [6, 6.07) is 0. The maximum Gasteiger partial charge on any atom is 0.191 e. The quantitative estimate of drug-likeness (QED) is 0.533. The van der Waals surface area contributed by atoms with Crippen LogP contribution in [0.5, 0.6) is 0 Å². The molecule has 0 aliphatic carbocycles. The summed E-state index contributed by atoms with van der Waals surface area (Å²) in [4.78, 5) is 9.25. The van der Waals surface area contributed by atoms with Gasteiger partial charge in [-0.25, -0.2) is 0 Å². The van der Waals surface area contributed by atoms with Crippen LogP contribution in [0.1, 0.15) is 19.3 Å². The van der Waals surface area contributed by atoms with Crippen molar-refractivity contribution in [3.8, 4) is 0 Å². The minimum absolute atomic E-state index is 0.864. The summed E-state index contributed by atoms with van der Waals surface area (Å²) in [5.41, 5.74) is 0. The molecule has 2 aliphatic rings. The number of rotatable bonds is 6. The Hall–Kier alpha value is -0.850. The molecule has 2 rings (SSSR count). The number of nitrogens with zero attached hydrogens (tertiary/aromatic N) is 3. The highest BCUT2D eigenvalue weighted by molar-refractivity contribution is 5.79. The van der Waals surface area contributed by atoms with Gasteiger partial charge < -0.3 is 20.3 Å². The summed E-state index contributed by atoms with van der Waals surface area (Å²) in [5.74, 6) is 0.917. The molecule has 2 N–H and O–H groups in total. The summed E-state index contributed by atoms with van der Waals surface area (Å²) < 4.78 is 5.36. The van der Waals surface area contributed by atoms with Gasteiger partial charge in [0.05, 0.1) is 13.2 Å². The number of guanidine groups is 1. The van der Waals surface area contributed by atoms with Gasteiger partial charge in [-0.1, -0.05) is 6.42 Å². The van der Waals surface area contributed by atoms with Gasteiger partial charge in [0.1, 0.15) is 0 Å². The van der Waals surface area contributed by atoms with Crippen molar-refractivity contribution in [1.29, 1.82) is 0 Å². The molecule has 2 heterocycles. The van der Waals surface area contributed by atoms with E-state index in [4.69, 9.17) is 4.74 Å². The molecule has 6 nitrogen and oxygen atoms in total. The number of nitrogens with one attached hydrogen (secondary N) is 2. The molecule has 0 atom stereocenters. The van der Waals surface area contributed by atoms with Crippen molar-refractivity contribution >= 4 is 5.96 Å². The van der Waals surface area contributed by atoms with Gasteiger partial charge in [0.2, 0.25) is 0 Å². The zero-order chi connectivity index (χ0) is 14.8. The van der Waals surface area contributed by atoms with E-state index in [1.54, 1.807) is 0 Å². The number of hydrogen-bond donors (Lipinski definition) is 2. The molecule has 6 heteroatoms. The van der Waals surface area contributed by atoms with Crippen LogP contribution in [0.15, 0.2) is 4.99 Å². The summed E-state index contributed by atoms with van der Waals surface area (Å²) in [7, 11) is 1.84. The van der Waals surface area contributed by atoms with Gasteiger partial charge in [0.15, 0.2) is 5.96 Å². The maximum atomic E-state index is 5.36. The van der Waals surface area contributed by atoms with Crippen molar-refractivity contribution in [2.24, 2.45) is 4.99 Å². The smallest absolute Gasteiger partial charge is 0.191 e. The van der Waals surface area contributed by atoms with Crippen molar-refractivity contribution in [3.63, 3.8) is 0 Å². The van der Waals surface area contributed by atoms with Crippen LogP contribution in [0, 0.1) is 0 Å². The van der Waals surface area contributed by atoms with Crippen molar-refractivity contribution < 1.29 is 4.74 Å². The van der Waals surface area contributed by atoms with E-state index in [2.05, 4.69) is 25.4 Å². The fourth-order valence-electron chi connectivity index (χ4n) is 2.89. The first-order valence-electron chi connectivity index (χ1n) is 8.35. The maximum absolute atomic E-state index is 5.36. The van der Waals surface area contributed by atoms with Crippen molar-refractivity contribution in [2.75, 3.05) is 72.6 Å². The monoisotopic (exact) mass is 297 g/mol. The molecule has 0 bridgehead atoms. The first-order valence-corrected chi connectivity index (χ1v) is 8.35. The number of hydrogen-bond acceptors (Lipinski definition) is 4. The van der Waals surface area contributed by atoms with E-state index in [9.17, 15) is 0 Å². The standard InChI is InChI=1S/C15H31N5O/c1-16-15(17-5-9-19-7-3-2-4-8-19)18-6-10-20-11-13-21-14-12-20/h2-14H2,1H3,(H2,16,17,18). The van der Waals surface area contributed by atoms with Gasteiger partial charge in [0.25, 0.3) is 0 Å². The number of aliphatic imine (C=N–C) groups is 1. The predicted molar refractivity (Wildman–Crippen MR) is 86.9 cm³/mol. The lowest BCUT2D eigenvalue weighted by Crippen LogP contribution is -2.46. The second-order valence-electron chi connectivity index (χ2n) is 5.78. The minimum atomic E-state index is 0.864. The molecule has 0 radical (unpaired) electrons. The zero-order valence-electron chi connectivity index (χ0n) is 13.4. The van der Waals surface area contributed by atoms with E-state index < -0.39 is 0 Å². The molecule has 21 heavy (non-hydrogen) atoms. The lowest BCUT2D eigenvalue weighted by Gasteiger charge is -2.27. The second kappa shape index (κ2) is 9.97. The van der Waals surface area contributed by atoms with E-state index in [0.29, 0.717) is 0 Å². The van der Waals surface area contributed by atoms with Crippen LogP contribution in [0.2, 0.25) is 0 Å². The fraction of sp³-hybridized carbons (Fsp3) is 0.933. The summed E-state index contributed by atoms with van der Waals surface area (Å²) in [6.07, 6.45) is 4.10. The summed E-state index contributed by atoms with van der Waals surface area (Å²) >= 11 is 0. The first-order chi connectivity index (χ1) is 10.4. The first kappa shape index (κ1) is 16.5. The minimum Gasteiger partial charge on any atom is -0.379 e. The van der Waals surface area contributed by atoms with Gasteiger partial charge in [0, 0.05) is 46.3 Å². The van der Waals surface area contributed by atoms with Crippen molar-refractivity contribution in [3.05, 3.63) is 0 Å². The average Bonchev–Trinajstić information content (AvgIpc) is 2.55. The average molecular weight is 297 g/mol. The van der Waals surface area contributed by atoms with Crippen LogP contribution in [-0.2, 0) is 4.74 Å². The lowest BCUT2D eigenvalue weighted by atomic mass is 10.1. The number of morpholine rings is 1. The lowest BCUT2D eigenvalue weighted by molar-refractivity contribution is 0.0389. The second-order valence-corrected chi connectivity index (χ2v) is 5.78. The summed E-state index contributed by atoms with van der Waals surface area (Å²) in [6.45, 7) is 10.4. The largest absolute Gasteiger partial charge is 0.379 e. The highest BCUT2D eigenvalue weighted by Crippen LogP contribution is 2.07. The van der Waals surface area contributed by atoms with Crippen LogP contribution < -0.4 is 10.6 Å². The Labute approximate surface area is 128 Å². The molecular formula is C15H31N5O. The number of ether oxygens (including phenoxy) is 1. The SMILES string of the molecule is CN=C(NCCN1CCCCC1)NCCN1CCOCC1. The van der Waals surface area contributed by atoms with E-state index in [1.807, 2.05) is 7.05 Å². The molecule has 0 saturated carbocycles. The number of likely N-dealkylation sites (tertiary alicyclic amines) is 1. The van der Waals surface area contributed by atoms with Gasteiger partial charge in [-0.2, -0.15) is 0 Å². The molecule has 2 fully saturated rings. The molecule has 0 aromatic carbocycles.